The Morgan fingerprint density at radius 3 is 1.38 bits per heavy atom. The third kappa shape index (κ3) is 18.8. The van der Waals surface area contributed by atoms with Gasteiger partial charge in [0.2, 0.25) is 0 Å². The predicted molar refractivity (Wildman–Crippen MR) is 104 cm³/mol. The maximum absolute atomic E-state index is 11.4. The summed E-state index contributed by atoms with van der Waals surface area (Å²) in [5.41, 5.74) is 0. The van der Waals surface area contributed by atoms with Crippen LogP contribution in [0.5, 0.6) is 0 Å². The van der Waals surface area contributed by atoms with Crippen molar-refractivity contribution in [3.05, 3.63) is 0 Å². The van der Waals surface area contributed by atoms with Gasteiger partial charge < -0.3 is 29.9 Å². The van der Waals surface area contributed by atoms with Crippen LogP contribution in [0.1, 0.15) is 38.5 Å². The van der Waals surface area contributed by atoms with Crippen molar-refractivity contribution in [3.8, 4) is 0 Å². The monoisotopic (exact) mass is 374 g/mol. The molecule has 0 aromatic carbocycles. The molecule has 0 radical (unpaired) electrons. The maximum atomic E-state index is 11.4. The lowest BCUT2D eigenvalue weighted by Gasteiger charge is -2.10. The SMILES string of the molecule is CN(C)CCCOC(=O)NCCCCCCNC(=O)OCCCN(C)C. The average Bonchev–Trinajstić information content (AvgIpc) is 2.57. The Morgan fingerprint density at radius 1 is 0.654 bits per heavy atom. The second kappa shape index (κ2) is 16.9. The minimum atomic E-state index is -0.345. The Labute approximate surface area is 158 Å². The van der Waals surface area contributed by atoms with E-state index < -0.39 is 0 Å². The molecule has 0 aliphatic carbocycles. The van der Waals surface area contributed by atoms with Gasteiger partial charge in [0.1, 0.15) is 0 Å². The molecule has 0 aliphatic rings. The van der Waals surface area contributed by atoms with Crippen LogP contribution in [0, 0.1) is 0 Å². The summed E-state index contributed by atoms with van der Waals surface area (Å²) in [6.07, 6.45) is 4.80. The second-order valence-corrected chi connectivity index (χ2v) is 6.85. The molecule has 0 atom stereocenters. The molecule has 0 saturated carbocycles. The number of unbranched alkanes of at least 4 members (excludes halogenated alkanes) is 3. The Bertz CT molecular complexity index is 331. The zero-order valence-corrected chi connectivity index (χ0v) is 17.0. The third-order valence-corrected chi connectivity index (χ3v) is 3.61. The molecule has 0 aromatic rings. The standard InChI is InChI=1S/C18H38N4O4/c1-21(2)13-9-15-25-17(23)19-11-7-5-6-8-12-20-18(24)26-16-10-14-22(3)4/h5-16H2,1-4H3,(H,19,23)(H,20,24). The Kier molecular flexibility index (Phi) is 15.9. The van der Waals surface area contributed by atoms with Crippen molar-refractivity contribution in [2.75, 3.05) is 67.6 Å². The summed E-state index contributed by atoms with van der Waals surface area (Å²) in [5, 5.41) is 5.50. The number of hydrogen-bond donors (Lipinski definition) is 2. The first kappa shape index (κ1) is 24.5. The van der Waals surface area contributed by atoms with Gasteiger partial charge in [-0.25, -0.2) is 9.59 Å². The fraction of sp³-hybridized carbons (Fsp3) is 0.889. The Hall–Kier alpha value is -1.54. The van der Waals surface area contributed by atoms with Gasteiger partial charge in [0.15, 0.2) is 0 Å². The van der Waals surface area contributed by atoms with E-state index in [0.717, 1.165) is 51.6 Å². The number of alkyl carbamates (subject to hydrolysis) is 2. The van der Waals surface area contributed by atoms with Gasteiger partial charge in [-0.3, -0.25) is 0 Å². The number of nitrogens with one attached hydrogen (secondary N) is 2. The zero-order chi connectivity index (χ0) is 19.6. The maximum Gasteiger partial charge on any atom is 0.407 e. The van der Waals surface area contributed by atoms with E-state index in [4.69, 9.17) is 9.47 Å². The topological polar surface area (TPSA) is 83.1 Å². The third-order valence-electron chi connectivity index (χ3n) is 3.61. The lowest BCUT2D eigenvalue weighted by atomic mass is 10.2. The van der Waals surface area contributed by atoms with Crippen molar-refractivity contribution in [1.29, 1.82) is 0 Å². The molecule has 0 aromatic heterocycles. The van der Waals surface area contributed by atoms with Crippen molar-refractivity contribution in [2.45, 2.75) is 38.5 Å². The van der Waals surface area contributed by atoms with Gasteiger partial charge in [0.05, 0.1) is 13.2 Å². The van der Waals surface area contributed by atoms with E-state index in [-0.39, 0.29) is 12.2 Å². The van der Waals surface area contributed by atoms with E-state index in [1.807, 2.05) is 28.2 Å². The summed E-state index contributed by atoms with van der Waals surface area (Å²) < 4.78 is 10.2. The number of carbonyl (C=O) groups excluding carboxylic acids is 2. The number of nitrogens with zero attached hydrogens (tertiary/aromatic N) is 2. The molecule has 0 unspecified atom stereocenters. The van der Waals surface area contributed by atoms with E-state index in [1.54, 1.807) is 0 Å². The molecule has 26 heavy (non-hydrogen) atoms. The number of ether oxygens (including phenoxy) is 2. The smallest absolute Gasteiger partial charge is 0.407 e. The molecule has 154 valence electrons. The zero-order valence-electron chi connectivity index (χ0n) is 17.0. The number of carbonyl (C=O) groups is 2. The number of amides is 2. The summed E-state index contributed by atoms with van der Waals surface area (Å²) in [7, 11) is 7.96. The highest BCUT2D eigenvalue weighted by Gasteiger charge is 2.02. The summed E-state index contributed by atoms with van der Waals surface area (Å²) >= 11 is 0. The van der Waals surface area contributed by atoms with Crippen LogP contribution in [0.3, 0.4) is 0 Å². The predicted octanol–water partition coefficient (Wildman–Crippen LogP) is 1.90. The highest BCUT2D eigenvalue weighted by molar-refractivity contribution is 5.67. The number of rotatable bonds is 15. The highest BCUT2D eigenvalue weighted by atomic mass is 16.6. The van der Waals surface area contributed by atoms with Crippen molar-refractivity contribution < 1.29 is 19.1 Å². The molecule has 0 fully saturated rings. The minimum absolute atomic E-state index is 0.345. The van der Waals surface area contributed by atoms with E-state index >= 15 is 0 Å². The van der Waals surface area contributed by atoms with Crippen molar-refractivity contribution in [2.24, 2.45) is 0 Å². The number of hydrogen-bond acceptors (Lipinski definition) is 6. The van der Waals surface area contributed by atoms with Crippen LogP contribution in [-0.2, 0) is 9.47 Å². The highest BCUT2D eigenvalue weighted by Crippen LogP contribution is 1.98. The summed E-state index contributed by atoms with van der Waals surface area (Å²) in [6, 6.07) is 0. The van der Waals surface area contributed by atoms with Crippen LogP contribution in [0.2, 0.25) is 0 Å². The van der Waals surface area contributed by atoms with E-state index in [9.17, 15) is 9.59 Å². The van der Waals surface area contributed by atoms with Gasteiger partial charge in [-0.05, 0) is 53.9 Å². The van der Waals surface area contributed by atoms with E-state index in [2.05, 4.69) is 20.4 Å². The van der Waals surface area contributed by atoms with Crippen molar-refractivity contribution >= 4 is 12.2 Å². The summed E-state index contributed by atoms with van der Waals surface area (Å²) in [6.45, 7) is 3.94. The fourth-order valence-electron chi connectivity index (χ4n) is 2.18. The first-order valence-corrected chi connectivity index (χ1v) is 9.52. The normalized spacial score (nSPS) is 10.8. The molecule has 2 amide bonds. The fourth-order valence-corrected chi connectivity index (χ4v) is 2.18. The Morgan fingerprint density at radius 2 is 1.04 bits per heavy atom. The van der Waals surface area contributed by atoms with Crippen LogP contribution in [-0.4, -0.2) is 89.6 Å². The summed E-state index contributed by atoms with van der Waals surface area (Å²) in [4.78, 5) is 27.0. The van der Waals surface area contributed by atoms with Gasteiger partial charge in [0, 0.05) is 26.2 Å². The summed E-state index contributed by atoms with van der Waals surface area (Å²) in [5.74, 6) is 0. The first-order chi connectivity index (χ1) is 12.4. The Balaban J connectivity index is 3.30. The molecule has 2 N–H and O–H groups in total. The lowest BCUT2D eigenvalue weighted by Crippen LogP contribution is -2.27. The van der Waals surface area contributed by atoms with Crippen LogP contribution < -0.4 is 10.6 Å². The average molecular weight is 375 g/mol. The molecular formula is C18H38N4O4. The molecule has 0 rings (SSSR count). The van der Waals surface area contributed by atoms with E-state index in [0.29, 0.717) is 26.3 Å². The van der Waals surface area contributed by atoms with Crippen LogP contribution in [0.25, 0.3) is 0 Å². The molecule has 0 saturated heterocycles. The lowest BCUT2D eigenvalue weighted by molar-refractivity contribution is 0.140. The second-order valence-electron chi connectivity index (χ2n) is 6.85. The molecule has 8 nitrogen and oxygen atoms in total. The first-order valence-electron chi connectivity index (χ1n) is 9.52. The molecule has 0 bridgehead atoms. The van der Waals surface area contributed by atoms with E-state index in [1.165, 1.54) is 0 Å². The molecule has 0 spiro atoms. The van der Waals surface area contributed by atoms with Gasteiger partial charge in [-0.2, -0.15) is 0 Å². The van der Waals surface area contributed by atoms with Crippen LogP contribution in [0.4, 0.5) is 9.59 Å². The van der Waals surface area contributed by atoms with Crippen molar-refractivity contribution in [1.82, 2.24) is 20.4 Å². The van der Waals surface area contributed by atoms with Gasteiger partial charge in [-0.15, -0.1) is 0 Å². The van der Waals surface area contributed by atoms with Gasteiger partial charge >= 0.3 is 12.2 Å². The minimum Gasteiger partial charge on any atom is -0.450 e. The molecular weight excluding hydrogens is 336 g/mol. The molecule has 0 aliphatic heterocycles. The van der Waals surface area contributed by atoms with Gasteiger partial charge in [0.25, 0.3) is 0 Å². The van der Waals surface area contributed by atoms with Crippen LogP contribution in [0.15, 0.2) is 0 Å². The molecule has 8 heteroatoms. The molecule has 0 heterocycles. The van der Waals surface area contributed by atoms with Crippen molar-refractivity contribution in [3.63, 3.8) is 0 Å². The van der Waals surface area contributed by atoms with Gasteiger partial charge in [-0.1, -0.05) is 12.8 Å². The largest absolute Gasteiger partial charge is 0.450 e. The van der Waals surface area contributed by atoms with Crippen LogP contribution >= 0.6 is 0 Å². The quantitative estimate of drug-likeness (QED) is 0.426.